The first-order valence-electron chi connectivity index (χ1n) is 10.8. The third kappa shape index (κ3) is 3.49. The summed E-state index contributed by atoms with van der Waals surface area (Å²) in [5.41, 5.74) is 3.46. The van der Waals surface area contributed by atoms with Gasteiger partial charge in [-0.2, -0.15) is 15.2 Å². The smallest absolute Gasteiger partial charge is 0.298 e. The van der Waals surface area contributed by atoms with Crippen molar-refractivity contribution < 1.29 is 9.21 Å². The molecule has 0 spiro atoms. The van der Waals surface area contributed by atoms with Gasteiger partial charge in [-0.25, -0.2) is 4.98 Å². The first-order valence-corrected chi connectivity index (χ1v) is 10.8. The molecule has 1 aliphatic rings. The van der Waals surface area contributed by atoms with Crippen molar-refractivity contribution in [1.82, 2.24) is 29.9 Å². The number of carbonyl (C=O) groups excluding carboxylic acids is 1. The second-order valence-electron chi connectivity index (χ2n) is 8.22. The van der Waals surface area contributed by atoms with Crippen LogP contribution in [0, 0.1) is 6.92 Å². The van der Waals surface area contributed by atoms with Crippen LogP contribution in [0.25, 0.3) is 16.8 Å². The topological polar surface area (TPSA) is 93.2 Å². The molecule has 9 nitrogen and oxygen atoms in total. The first kappa shape index (κ1) is 20.2. The van der Waals surface area contributed by atoms with Gasteiger partial charge in [0.15, 0.2) is 11.3 Å². The van der Waals surface area contributed by atoms with E-state index in [4.69, 9.17) is 4.42 Å². The van der Waals surface area contributed by atoms with Gasteiger partial charge in [0.1, 0.15) is 11.2 Å². The molecule has 1 fully saturated rings. The summed E-state index contributed by atoms with van der Waals surface area (Å²) < 4.78 is 5.97. The van der Waals surface area contributed by atoms with Crippen molar-refractivity contribution in [2.24, 2.45) is 0 Å². The van der Waals surface area contributed by atoms with Crippen LogP contribution in [0.1, 0.15) is 35.8 Å². The van der Waals surface area contributed by atoms with Gasteiger partial charge in [0.25, 0.3) is 11.9 Å². The maximum absolute atomic E-state index is 13.6. The van der Waals surface area contributed by atoms with Gasteiger partial charge in [-0.3, -0.25) is 4.79 Å². The highest BCUT2D eigenvalue weighted by molar-refractivity contribution is 5.96. The van der Waals surface area contributed by atoms with E-state index in [1.54, 1.807) is 18.6 Å². The average Bonchev–Trinajstić information content (AvgIpc) is 3.48. The lowest BCUT2D eigenvalue weighted by molar-refractivity contribution is 0.0593. The molecule has 164 valence electrons. The highest BCUT2D eigenvalue weighted by atomic mass is 16.4. The summed E-state index contributed by atoms with van der Waals surface area (Å²) in [4.78, 5) is 28.1. The monoisotopic (exact) mass is 431 g/mol. The Bertz CT molecular complexity index is 1220. The molecule has 0 N–H and O–H groups in total. The number of para-hydroxylation sites is 2. The number of aromatic nitrogens is 5. The fourth-order valence-electron chi connectivity index (χ4n) is 4.43. The van der Waals surface area contributed by atoms with E-state index in [9.17, 15) is 4.79 Å². The number of hydrogen-bond acceptors (Lipinski definition) is 7. The Morgan fingerprint density at radius 2 is 2.00 bits per heavy atom. The SMILES string of the molecule is Cc1cnc(C(=O)N2CCCC(N(C)c3nc4ccccc4o3)C2C)c(-n2nccn2)c1. The van der Waals surface area contributed by atoms with Crippen LogP contribution >= 0.6 is 0 Å². The van der Waals surface area contributed by atoms with Crippen molar-refractivity contribution in [2.45, 2.75) is 38.8 Å². The number of pyridine rings is 1. The predicted molar refractivity (Wildman–Crippen MR) is 120 cm³/mol. The Hall–Kier alpha value is -3.75. The molecule has 1 saturated heterocycles. The summed E-state index contributed by atoms with van der Waals surface area (Å²) in [5, 5.41) is 8.41. The minimum absolute atomic E-state index is 0.0576. The van der Waals surface area contributed by atoms with Crippen LogP contribution in [0.15, 0.2) is 53.3 Å². The molecule has 1 amide bonds. The molecular weight excluding hydrogens is 406 g/mol. The molecule has 4 aromatic rings. The van der Waals surface area contributed by atoms with Crippen molar-refractivity contribution in [3.8, 4) is 5.69 Å². The number of likely N-dealkylation sites (tertiary alicyclic amines) is 1. The minimum Gasteiger partial charge on any atom is -0.423 e. The molecule has 2 unspecified atom stereocenters. The standard InChI is InChI=1S/C23H25N7O2/c1-15-13-19(30-25-10-11-26-30)21(24-14-15)22(31)29-12-6-8-18(16(29)2)28(3)23-27-17-7-4-5-9-20(17)32-23/h4-5,7,9-11,13-14,16,18H,6,8,12H2,1-3H3. The number of hydrogen-bond donors (Lipinski definition) is 0. The number of carbonyl (C=O) groups is 1. The Balaban J connectivity index is 1.43. The molecule has 1 aromatic carbocycles. The van der Waals surface area contributed by atoms with E-state index in [1.807, 2.05) is 54.1 Å². The number of likely N-dealkylation sites (N-methyl/N-ethyl adjacent to an activating group) is 1. The number of aryl methyl sites for hydroxylation is 1. The Morgan fingerprint density at radius 3 is 2.78 bits per heavy atom. The van der Waals surface area contributed by atoms with Crippen molar-refractivity contribution in [3.63, 3.8) is 0 Å². The second-order valence-corrected chi connectivity index (χ2v) is 8.22. The normalized spacial score (nSPS) is 18.8. The maximum atomic E-state index is 13.6. The molecular formula is C23H25N7O2. The van der Waals surface area contributed by atoms with Crippen LogP contribution in [0.4, 0.5) is 6.01 Å². The van der Waals surface area contributed by atoms with Gasteiger partial charge >= 0.3 is 0 Å². The molecule has 4 heterocycles. The first-order chi connectivity index (χ1) is 15.5. The fourth-order valence-corrected chi connectivity index (χ4v) is 4.43. The van der Waals surface area contributed by atoms with Gasteiger partial charge in [-0.05, 0) is 50.5 Å². The summed E-state index contributed by atoms with van der Waals surface area (Å²) in [5.74, 6) is -0.125. The molecule has 5 rings (SSSR count). The van der Waals surface area contributed by atoms with Crippen molar-refractivity contribution >= 4 is 23.0 Å². The van der Waals surface area contributed by atoms with Gasteiger partial charge in [0.05, 0.1) is 18.4 Å². The van der Waals surface area contributed by atoms with Crippen LogP contribution < -0.4 is 4.90 Å². The van der Waals surface area contributed by atoms with Crippen molar-refractivity contribution in [3.05, 3.63) is 60.2 Å². The molecule has 0 saturated carbocycles. The lowest BCUT2D eigenvalue weighted by Crippen LogP contribution is -2.55. The molecule has 9 heteroatoms. The number of piperidine rings is 1. The fraction of sp³-hybridized carbons (Fsp3) is 0.348. The van der Waals surface area contributed by atoms with E-state index in [-0.39, 0.29) is 18.0 Å². The zero-order valence-electron chi connectivity index (χ0n) is 18.3. The second kappa shape index (κ2) is 8.07. The van der Waals surface area contributed by atoms with Crippen LogP contribution in [-0.4, -0.2) is 61.4 Å². The van der Waals surface area contributed by atoms with E-state index in [1.165, 1.54) is 4.80 Å². The average molecular weight is 432 g/mol. The van der Waals surface area contributed by atoms with Crippen molar-refractivity contribution in [1.29, 1.82) is 0 Å². The van der Waals surface area contributed by atoms with Gasteiger partial charge in [0.2, 0.25) is 0 Å². The van der Waals surface area contributed by atoms with E-state index in [2.05, 4.69) is 27.1 Å². The zero-order valence-corrected chi connectivity index (χ0v) is 18.3. The zero-order chi connectivity index (χ0) is 22.2. The summed E-state index contributed by atoms with van der Waals surface area (Å²) in [6.07, 6.45) is 6.70. The third-order valence-corrected chi connectivity index (χ3v) is 6.13. The summed E-state index contributed by atoms with van der Waals surface area (Å²) >= 11 is 0. The van der Waals surface area contributed by atoms with Crippen LogP contribution in [-0.2, 0) is 0 Å². The Morgan fingerprint density at radius 1 is 1.22 bits per heavy atom. The number of fused-ring (bicyclic) bond motifs is 1. The third-order valence-electron chi connectivity index (χ3n) is 6.13. The summed E-state index contributed by atoms with van der Waals surface area (Å²) in [6, 6.07) is 10.2. The molecule has 2 atom stereocenters. The van der Waals surface area contributed by atoms with Crippen LogP contribution in [0.5, 0.6) is 0 Å². The van der Waals surface area contributed by atoms with Crippen molar-refractivity contribution in [2.75, 3.05) is 18.5 Å². The molecule has 0 bridgehead atoms. The van der Waals surface area contributed by atoms with Gasteiger partial charge in [-0.1, -0.05) is 12.1 Å². The maximum Gasteiger partial charge on any atom is 0.298 e. The summed E-state index contributed by atoms with van der Waals surface area (Å²) in [6.45, 7) is 4.67. The lowest BCUT2D eigenvalue weighted by atomic mass is 9.95. The van der Waals surface area contributed by atoms with Crippen LogP contribution in [0.2, 0.25) is 0 Å². The molecule has 0 aliphatic carbocycles. The highest BCUT2D eigenvalue weighted by Crippen LogP contribution is 2.29. The quantitative estimate of drug-likeness (QED) is 0.490. The Labute approximate surface area is 185 Å². The largest absolute Gasteiger partial charge is 0.423 e. The minimum atomic E-state index is -0.125. The molecule has 0 radical (unpaired) electrons. The number of benzene rings is 1. The van der Waals surface area contributed by atoms with E-state index >= 15 is 0 Å². The van der Waals surface area contributed by atoms with Gasteiger partial charge < -0.3 is 14.2 Å². The number of oxazole rings is 1. The summed E-state index contributed by atoms with van der Waals surface area (Å²) in [7, 11) is 1.98. The van der Waals surface area contributed by atoms with E-state index < -0.39 is 0 Å². The molecule has 32 heavy (non-hydrogen) atoms. The molecule has 3 aromatic heterocycles. The Kier molecular flexibility index (Phi) is 5.08. The highest BCUT2D eigenvalue weighted by Gasteiger charge is 2.36. The number of nitrogens with zero attached hydrogens (tertiary/aromatic N) is 7. The molecule has 1 aliphatic heterocycles. The van der Waals surface area contributed by atoms with E-state index in [0.717, 1.165) is 29.5 Å². The number of rotatable bonds is 4. The van der Waals surface area contributed by atoms with Crippen LogP contribution in [0.3, 0.4) is 0 Å². The number of anilines is 1. The predicted octanol–water partition coefficient (Wildman–Crippen LogP) is 3.24. The number of amides is 1. The van der Waals surface area contributed by atoms with Gasteiger partial charge in [0, 0.05) is 25.8 Å². The van der Waals surface area contributed by atoms with Gasteiger partial charge in [-0.15, -0.1) is 4.80 Å². The van der Waals surface area contributed by atoms with E-state index in [0.29, 0.717) is 23.9 Å². The lowest BCUT2D eigenvalue weighted by Gasteiger charge is -2.42.